The maximum Gasteiger partial charge on any atom is 0.227 e. The van der Waals surface area contributed by atoms with Crippen LogP contribution in [0.2, 0.25) is 0 Å². The molecule has 2 amide bonds. The zero-order chi connectivity index (χ0) is 14.4. The Balaban J connectivity index is 1.73. The number of rotatable bonds is 5. The molecule has 0 aromatic carbocycles. The summed E-state index contributed by atoms with van der Waals surface area (Å²) in [7, 11) is 0. The molecule has 2 heterocycles. The summed E-state index contributed by atoms with van der Waals surface area (Å²) in [5.74, 6) is 0.533. The molecule has 1 N–H and O–H groups in total. The number of carbonyl (C=O) groups is 2. The van der Waals surface area contributed by atoms with Gasteiger partial charge in [0.15, 0.2) is 0 Å². The molecule has 1 aromatic rings. The largest absolute Gasteiger partial charge is 0.353 e. The van der Waals surface area contributed by atoms with Gasteiger partial charge in [-0.25, -0.2) is 0 Å². The SMILES string of the molecule is O=C(CCCl)NC1CCN(C(=O)Cc2cccs2)CC1. The van der Waals surface area contributed by atoms with Crippen LogP contribution in [0.5, 0.6) is 0 Å². The molecule has 1 aliphatic heterocycles. The number of likely N-dealkylation sites (tertiary alicyclic amines) is 1. The highest BCUT2D eigenvalue weighted by Crippen LogP contribution is 2.15. The summed E-state index contributed by atoms with van der Waals surface area (Å²) >= 11 is 7.15. The second-order valence-corrected chi connectivity index (χ2v) is 6.33. The van der Waals surface area contributed by atoms with Gasteiger partial charge >= 0.3 is 0 Å². The average molecular weight is 315 g/mol. The normalized spacial score (nSPS) is 16.1. The summed E-state index contributed by atoms with van der Waals surface area (Å²) in [6.45, 7) is 1.44. The minimum atomic E-state index is 0.00311. The number of nitrogens with zero attached hydrogens (tertiary/aromatic N) is 1. The lowest BCUT2D eigenvalue weighted by Crippen LogP contribution is -2.46. The summed E-state index contributed by atoms with van der Waals surface area (Å²) in [5, 5.41) is 4.95. The van der Waals surface area contributed by atoms with Crippen molar-refractivity contribution in [3.63, 3.8) is 0 Å². The summed E-state index contributed by atoms with van der Waals surface area (Å²) < 4.78 is 0. The Morgan fingerprint density at radius 2 is 2.15 bits per heavy atom. The molecule has 0 saturated carbocycles. The summed E-state index contributed by atoms with van der Waals surface area (Å²) in [6.07, 6.45) is 2.49. The first-order chi connectivity index (χ1) is 9.69. The molecule has 0 radical (unpaired) electrons. The molecule has 0 bridgehead atoms. The second-order valence-electron chi connectivity index (χ2n) is 4.92. The molecular weight excluding hydrogens is 296 g/mol. The van der Waals surface area contributed by atoms with Crippen LogP contribution < -0.4 is 5.32 Å². The number of alkyl halides is 1. The summed E-state index contributed by atoms with van der Waals surface area (Å²) in [6, 6.07) is 4.13. The van der Waals surface area contributed by atoms with E-state index in [2.05, 4.69) is 5.32 Å². The number of nitrogens with one attached hydrogen (secondary N) is 1. The minimum Gasteiger partial charge on any atom is -0.353 e. The predicted molar refractivity (Wildman–Crippen MR) is 81.1 cm³/mol. The molecule has 110 valence electrons. The molecule has 4 nitrogen and oxygen atoms in total. The number of halogens is 1. The van der Waals surface area contributed by atoms with Crippen molar-refractivity contribution in [2.75, 3.05) is 19.0 Å². The Bertz CT molecular complexity index is 442. The molecular formula is C14H19ClN2O2S. The van der Waals surface area contributed by atoms with E-state index < -0.39 is 0 Å². The number of amides is 2. The van der Waals surface area contributed by atoms with Crippen molar-refractivity contribution in [2.45, 2.75) is 31.7 Å². The van der Waals surface area contributed by atoms with Gasteiger partial charge in [-0.3, -0.25) is 9.59 Å². The molecule has 0 spiro atoms. The van der Waals surface area contributed by atoms with E-state index in [1.807, 2.05) is 22.4 Å². The summed E-state index contributed by atoms with van der Waals surface area (Å²) in [4.78, 5) is 26.6. The van der Waals surface area contributed by atoms with Gasteiger partial charge in [0, 0.05) is 36.3 Å². The highest BCUT2D eigenvalue weighted by Gasteiger charge is 2.23. The zero-order valence-electron chi connectivity index (χ0n) is 11.3. The average Bonchev–Trinajstić information content (AvgIpc) is 2.92. The first kappa shape index (κ1) is 15.3. The Labute approximate surface area is 128 Å². The van der Waals surface area contributed by atoms with Crippen LogP contribution in [0.15, 0.2) is 17.5 Å². The van der Waals surface area contributed by atoms with Crippen LogP contribution in [0.4, 0.5) is 0 Å². The van der Waals surface area contributed by atoms with Gasteiger partial charge in [0.05, 0.1) is 6.42 Å². The van der Waals surface area contributed by atoms with Gasteiger partial charge in [-0.15, -0.1) is 22.9 Å². The maximum absolute atomic E-state index is 12.1. The fourth-order valence-corrected chi connectivity index (χ4v) is 3.20. The van der Waals surface area contributed by atoms with Crippen molar-refractivity contribution in [2.24, 2.45) is 0 Å². The topological polar surface area (TPSA) is 49.4 Å². The van der Waals surface area contributed by atoms with Crippen LogP contribution in [-0.4, -0.2) is 41.7 Å². The van der Waals surface area contributed by atoms with Crippen LogP contribution in [0.1, 0.15) is 24.1 Å². The lowest BCUT2D eigenvalue weighted by atomic mass is 10.0. The van der Waals surface area contributed by atoms with Gasteiger partial charge in [-0.05, 0) is 24.3 Å². The summed E-state index contributed by atoms with van der Waals surface area (Å²) in [5.41, 5.74) is 0. The smallest absolute Gasteiger partial charge is 0.227 e. The van der Waals surface area contributed by atoms with Crippen molar-refractivity contribution < 1.29 is 9.59 Å². The first-order valence-electron chi connectivity index (χ1n) is 6.84. The standard InChI is InChI=1S/C14H19ClN2O2S/c15-6-3-13(18)16-11-4-7-17(8-5-11)14(19)10-12-2-1-9-20-12/h1-2,9,11H,3-8,10H2,(H,16,18). The predicted octanol–water partition coefficient (Wildman–Crippen LogP) is 2.03. The van der Waals surface area contributed by atoms with Gasteiger partial charge in [0.25, 0.3) is 0 Å². The monoisotopic (exact) mass is 314 g/mol. The Kier molecular flexibility index (Phi) is 5.86. The molecule has 1 aliphatic rings. The van der Waals surface area contributed by atoms with Gasteiger partial charge in [0.2, 0.25) is 11.8 Å². The van der Waals surface area contributed by atoms with Crippen molar-refractivity contribution >= 4 is 34.8 Å². The fraction of sp³-hybridized carbons (Fsp3) is 0.571. The molecule has 1 saturated heterocycles. The van der Waals surface area contributed by atoms with Crippen molar-refractivity contribution in [3.05, 3.63) is 22.4 Å². The van der Waals surface area contributed by atoms with E-state index in [4.69, 9.17) is 11.6 Å². The third kappa shape index (κ3) is 4.49. The fourth-order valence-electron chi connectivity index (χ4n) is 2.33. The lowest BCUT2D eigenvalue weighted by molar-refractivity contribution is -0.131. The first-order valence-corrected chi connectivity index (χ1v) is 8.26. The minimum absolute atomic E-state index is 0.00311. The third-order valence-corrected chi connectivity index (χ3v) is 4.51. The molecule has 1 fully saturated rings. The van der Waals surface area contributed by atoms with E-state index in [0.717, 1.165) is 30.8 Å². The van der Waals surface area contributed by atoms with E-state index in [9.17, 15) is 9.59 Å². The molecule has 1 aromatic heterocycles. The highest BCUT2D eigenvalue weighted by atomic mass is 35.5. The molecule has 0 atom stereocenters. The van der Waals surface area contributed by atoms with Crippen LogP contribution in [-0.2, 0) is 16.0 Å². The van der Waals surface area contributed by atoms with E-state index in [0.29, 0.717) is 18.7 Å². The number of piperidine rings is 1. The molecule has 20 heavy (non-hydrogen) atoms. The zero-order valence-corrected chi connectivity index (χ0v) is 12.9. The maximum atomic E-state index is 12.1. The van der Waals surface area contributed by atoms with Gasteiger partial charge < -0.3 is 10.2 Å². The van der Waals surface area contributed by atoms with Crippen LogP contribution in [0.3, 0.4) is 0 Å². The van der Waals surface area contributed by atoms with Crippen LogP contribution in [0, 0.1) is 0 Å². The van der Waals surface area contributed by atoms with Crippen molar-refractivity contribution in [1.82, 2.24) is 10.2 Å². The van der Waals surface area contributed by atoms with Gasteiger partial charge in [-0.2, -0.15) is 0 Å². The Hall–Kier alpha value is -1.07. The molecule has 0 unspecified atom stereocenters. The quantitative estimate of drug-likeness (QED) is 0.845. The van der Waals surface area contributed by atoms with E-state index in [-0.39, 0.29) is 17.9 Å². The number of thiophene rings is 1. The Morgan fingerprint density at radius 3 is 2.75 bits per heavy atom. The number of hydrogen-bond donors (Lipinski definition) is 1. The van der Waals surface area contributed by atoms with Gasteiger partial charge in [-0.1, -0.05) is 6.07 Å². The van der Waals surface area contributed by atoms with E-state index in [1.54, 1.807) is 11.3 Å². The molecule has 0 aliphatic carbocycles. The number of hydrogen-bond acceptors (Lipinski definition) is 3. The molecule has 6 heteroatoms. The van der Waals surface area contributed by atoms with Crippen molar-refractivity contribution in [3.8, 4) is 0 Å². The van der Waals surface area contributed by atoms with Crippen LogP contribution >= 0.6 is 22.9 Å². The number of carbonyl (C=O) groups excluding carboxylic acids is 2. The third-order valence-electron chi connectivity index (χ3n) is 3.44. The highest BCUT2D eigenvalue weighted by molar-refractivity contribution is 7.10. The van der Waals surface area contributed by atoms with E-state index in [1.165, 1.54) is 0 Å². The lowest BCUT2D eigenvalue weighted by Gasteiger charge is -2.32. The Morgan fingerprint density at radius 1 is 1.40 bits per heavy atom. The van der Waals surface area contributed by atoms with Crippen LogP contribution in [0.25, 0.3) is 0 Å². The second kappa shape index (κ2) is 7.64. The van der Waals surface area contributed by atoms with E-state index >= 15 is 0 Å². The van der Waals surface area contributed by atoms with Crippen molar-refractivity contribution in [1.29, 1.82) is 0 Å². The molecule has 2 rings (SSSR count). The van der Waals surface area contributed by atoms with Gasteiger partial charge in [0.1, 0.15) is 0 Å².